The highest BCUT2D eigenvalue weighted by Crippen LogP contribution is 2.32. The summed E-state index contributed by atoms with van der Waals surface area (Å²) in [6.45, 7) is 7.88. The highest BCUT2D eigenvalue weighted by atomic mass is 16.6. The number of methoxy groups -OCH3 is 1. The van der Waals surface area contributed by atoms with Crippen molar-refractivity contribution in [2.75, 3.05) is 20.3 Å². The topological polar surface area (TPSA) is 84.0 Å². The average molecular weight is 466 g/mol. The summed E-state index contributed by atoms with van der Waals surface area (Å²) in [4.78, 5) is 29.5. The van der Waals surface area contributed by atoms with E-state index in [0.717, 1.165) is 22.4 Å². The third-order valence-electron chi connectivity index (χ3n) is 5.52. The zero-order valence-corrected chi connectivity index (χ0v) is 20.8. The molecular weight excluding hydrogens is 434 g/mol. The van der Waals surface area contributed by atoms with E-state index < -0.39 is 5.97 Å². The van der Waals surface area contributed by atoms with Gasteiger partial charge in [-0.2, -0.15) is 0 Å². The Bertz CT molecular complexity index is 1330. The summed E-state index contributed by atoms with van der Waals surface area (Å²) < 4.78 is 19.0. The minimum absolute atomic E-state index is 0.208. The van der Waals surface area contributed by atoms with Crippen LogP contribution in [-0.2, 0) is 23.6 Å². The largest absolute Gasteiger partial charge is 0.493 e. The number of hydrogen-bond acceptors (Lipinski definition) is 6. The lowest BCUT2D eigenvalue weighted by Gasteiger charge is -2.15. The smallest absolute Gasteiger partial charge is 0.344 e. The molecule has 0 radical (unpaired) electrons. The molecular formula is C26H31N3O5. The van der Waals surface area contributed by atoms with Crippen molar-refractivity contribution in [2.24, 2.45) is 19.1 Å². The van der Waals surface area contributed by atoms with Gasteiger partial charge in [-0.15, -0.1) is 0 Å². The van der Waals surface area contributed by atoms with E-state index in [0.29, 0.717) is 22.7 Å². The van der Waals surface area contributed by atoms with Gasteiger partial charge >= 0.3 is 11.7 Å². The van der Waals surface area contributed by atoms with Crippen molar-refractivity contribution in [1.82, 2.24) is 9.13 Å². The number of benzene rings is 2. The summed E-state index contributed by atoms with van der Waals surface area (Å²) >= 11 is 0. The van der Waals surface area contributed by atoms with Gasteiger partial charge < -0.3 is 14.2 Å². The lowest BCUT2D eigenvalue weighted by Crippen LogP contribution is -2.37. The summed E-state index contributed by atoms with van der Waals surface area (Å²) in [6, 6.07) is 11.3. The van der Waals surface area contributed by atoms with Gasteiger partial charge in [-0.3, -0.25) is 9.13 Å². The van der Waals surface area contributed by atoms with Crippen LogP contribution in [0.4, 0.5) is 5.69 Å². The van der Waals surface area contributed by atoms with Crippen LogP contribution in [0.5, 0.6) is 11.5 Å². The van der Waals surface area contributed by atoms with Gasteiger partial charge in [-0.1, -0.05) is 17.7 Å². The fourth-order valence-electron chi connectivity index (χ4n) is 3.88. The molecule has 0 saturated heterocycles. The normalized spacial score (nSPS) is 11.4. The standard InChI is InChI=1S/C26H31N3O5/c1-8-33-24(30)15-34-21-10-9-19(13-22(21)32-7)20-14-23(29(6)26(31)28(20)5)27-25-17(3)11-16(2)12-18(25)4/h9-14H,8,15H2,1-7H3/b27-23-. The van der Waals surface area contributed by atoms with Crippen molar-refractivity contribution in [3.8, 4) is 22.8 Å². The number of aromatic nitrogens is 2. The van der Waals surface area contributed by atoms with Gasteiger partial charge in [0.1, 0.15) is 5.49 Å². The van der Waals surface area contributed by atoms with Crippen LogP contribution in [0.1, 0.15) is 23.6 Å². The summed E-state index contributed by atoms with van der Waals surface area (Å²) in [6.07, 6.45) is 0. The molecule has 0 aliphatic rings. The molecule has 8 heteroatoms. The predicted molar refractivity (Wildman–Crippen MR) is 131 cm³/mol. The molecule has 1 heterocycles. The van der Waals surface area contributed by atoms with Crippen LogP contribution in [0.3, 0.4) is 0 Å². The molecule has 0 spiro atoms. The van der Waals surface area contributed by atoms with E-state index >= 15 is 0 Å². The highest BCUT2D eigenvalue weighted by molar-refractivity contribution is 5.71. The Morgan fingerprint density at radius 3 is 2.26 bits per heavy atom. The number of rotatable bonds is 7. The van der Waals surface area contributed by atoms with Gasteiger partial charge in [0, 0.05) is 25.7 Å². The maximum atomic E-state index is 13.0. The summed E-state index contributed by atoms with van der Waals surface area (Å²) in [5.74, 6) is 0.382. The molecule has 180 valence electrons. The van der Waals surface area contributed by atoms with Crippen LogP contribution >= 0.6 is 0 Å². The summed E-state index contributed by atoms with van der Waals surface area (Å²) in [5, 5.41) is 0. The lowest BCUT2D eigenvalue weighted by molar-refractivity contribution is -0.145. The molecule has 0 amide bonds. The average Bonchev–Trinajstić information content (AvgIpc) is 2.80. The first-order chi connectivity index (χ1) is 16.2. The predicted octanol–water partition coefficient (Wildman–Crippen LogP) is 3.50. The van der Waals surface area contributed by atoms with Gasteiger partial charge in [-0.05, 0) is 57.0 Å². The SMILES string of the molecule is CCOC(=O)COc1ccc(-c2c/c(=N/c3c(C)cc(C)cc3C)n(C)c(=O)n2C)cc1OC. The van der Waals surface area contributed by atoms with Crippen LogP contribution in [0.25, 0.3) is 11.3 Å². The first-order valence-electron chi connectivity index (χ1n) is 11.0. The van der Waals surface area contributed by atoms with E-state index in [4.69, 9.17) is 19.2 Å². The second-order valence-corrected chi connectivity index (χ2v) is 8.11. The van der Waals surface area contributed by atoms with Crippen LogP contribution in [0.15, 0.2) is 46.2 Å². The molecule has 0 fully saturated rings. The molecule has 0 aliphatic heterocycles. The summed E-state index contributed by atoms with van der Waals surface area (Å²) in [5.41, 5.74) is 5.85. The highest BCUT2D eigenvalue weighted by Gasteiger charge is 2.13. The molecule has 3 rings (SSSR count). The molecule has 0 saturated carbocycles. The van der Waals surface area contributed by atoms with Crippen LogP contribution in [0.2, 0.25) is 0 Å². The minimum Gasteiger partial charge on any atom is -0.493 e. The maximum Gasteiger partial charge on any atom is 0.344 e. The third-order valence-corrected chi connectivity index (χ3v) is 5.52. The fraction of sp³-hybridized carbons (Fsp3) is 0.346. The van der Waals surface area contributed by atoms with E-state index in [1.54, 1.807) is 37.7 Å². The van der Waals surface area contributed by atoms with Crippen molar-refractivity contribution in [1.29, 1.82) is 0 Å². The Morgan fingerprint density at radius 1 is 0.971 bits per heavy atom. The van der Waals surface area contributed by atoms with E-state index in [-0.39, 0.29) is 18.9 Å². The Balaban J connectivity index is 2.10. The molecule has 0 unspecified atom stereocenters. The van der Waals surface area contributed by atoms with Crippen LogP contribution in [-0.4, -0.2) is 35.4 Å². The van der Waals surface area contributed by atoms with Gasteiger partial charge in [0.15, 0.2) is 18.1 Å². The van der Waals surface area contributed by atoms with Crippen molar-refractivity contribution in [3.63, 3.8) is 0 Å². The number of carbonyl (C=O) groups is 1. The summed E-state index contributed by atoms with van der Waals surface area (Å²) in [7, 11) is 4.93. The van der Waals surface area contributed by atoms with E-state index in [1.165, 1.54) is 17.2 Å². The van der Waals surface area contributed by atoms with E-state index in [9.17, 15) is 9.59 Å². The number of ether oxygens (including phenoxy) is 3. The molecule has 1 aromatic heterocycles. The first-order valence-corrected chi connectivity index (χ1v) is 11.0. The number of aryl methyl sites for hydroxylation is 3. The molecule has 0 atom stereocenters. The van der Waals surface area contributed by atoms with Gasteiger partial charge in [0.05, 0.1) is 25.1 Å². The van der Waals surface area contributed by atoms with Crippen LogP contribution in [0, 0.1) is 20.8 Å². The number of hydrogen-bond donors (Lipinski definition) is 0. The molecule has 2 aromatic carbocycles. The van der Waals surface area contributed by atoms with E-state index in [2.05, 4.69) is 12.1 Å². The van der Waals surface area contributed by atoms with Gasteiger partial charge in [-0.25, -0.2) is 14.6 Å². The minimum atomic E-state index is -0.459. The van der Waals surface area contributed by atoms with Crippen LogP contribution < -0.4 is 20.7 Å². The van der Waals surface area contributed by atoms with Crippen molar-refractivity contribution >= 4 is 11.7 Å². The number of carbonyl (C=O) groups excluding carboxylic acids is 1. The van der Waals surface area contributed by atoms with Gasteiger partial charge in [0.2, 0.25) is 0 Å². The zero-order chi connectivity index (χ0) is 25.0. The second kappa shape index (κ2) is 10.4. The Morgan fingerprint density at radius 2 is 1.65 bits per heavy atom. The molecule has 3 aromatic rings. The zero-order valence-electron chi connectivity index (χ0n) is 20.8. The lowest BCUT2D eigenvalue weighted by atomic mass is 10.1. The Hall–Kier alpha value is -3.81. The molecule has 34 heavy (non-hydrogen) atoms. The Kier molecular flexibility index (Phi) is 7.61. The monoisotopic (exact) mass is 465 g/mol. The molecule has 0 aliphatic carbocycles. The number of nitrogens with zero attached hydrogens (tertiary/aromatic N) is 3. The van der Waals surface area contributed by atoms with E-state index in [1.807, 2.05) is 32.9 Å². The molecule has 0 N–H and O–H groups in total. The maximum absolute atomic E-state index is 13.0. The molecule has 0 bridgehead atoms. The fourth-order valence-corrected chi connectivity index (χ4v) is 3.88. The quantitative estimate of drug-likeness (QED) is 0.499. The number of esters is 1. The van der Waals surface area contributed by atoms with Gasteiger partial charge in [0.25, 0.3) is 0 Å². The van der Waals surface area contributed by atoms with Crippen molar-refractivity contribution in [2.45, 2.75) is 27.7 Å². The second-order valence-electron chi connectivity index (χ2n) is 8.11. The first kappa shape index (κ1) is 24.8. The molecule has 8 nitrogen and oxygen atoms in total. The van der Waals surface area contributed by atoms with Crippen molar-refractivity contribution < 1.29 is 19.0 Å². The van der Waals surface area contributed by atoms with Crippen molar-refractivity contribution in [3.05, 3.63) is 69.1 Å². The third kappa shape index (κ3) is 5.22. The Labute approximate surface area is 199 Å².